The summed E-state index contributed by atoms with van der Waals surface area (Å²) in [5.41, 5.74) is 5.61. The minimum Gasteiger partial charge on any atom is -0.320 e. The predicted octanol–water partition coefficient (Wildman–Crippen LogP) is 1.35. The predicted molar refractivity (Wildman–Crippen MR) is 53.7 cm³/mol. The van der Waals surface area contributed by atoms with E-state index in [1.165, 1.54) is 0 Å². The van der Waals surface area contributed by atoms with Gasteiger partial charge in [-0.2, -0.15) is 4.39 Å². The highest BCUT2D eigenvalue weighted by Gasteiger charge is 2.15. The molecule has 0 spiro atoms. The third-order valence-electron chi connectivity index (χ3n) is 1.82. The van der Waals surface area contributed by atoms with Gasteiger partial charge in [0.25, 0.3) is 0 Å². The van der Waals surface area contributed by atoms with Gasteiger partial charge in [-0.05, 0) is 18.6 Å². The van der Waals surface area contributed by atoms with E-state index >= 15 is 0 Å². The maximum absolute atomic E-state index is 13.2. The summed E-state index contributed by atoms with van der Waals surface area (Å²) in [7, 11) is 0. The van der Waals surface area contributed by atoms with Crippen molar-refractivity contribution in [3.8, 4) is 11.8 Å². The van der Waals surface area contributed by atoms with Crippen molar-refractivity contribution >= 4 is 5.69 Å². The second kappa shape index (κ2) is 4.53. The van der Waals surface area contributed by atoms with Gasteiger partial charge < -0.3 is 5.73 Å². The Labute approximate surface area is 86.0 Å². The molecule has 0 aliphatic heterocycles. The number of nitrogens with two attached hydrogens (primary N) is 1. The van der Waals surface area contributed by atoms with Crippen molar-refractivity contribution in [3.05, 3.63) is 39.2 Å². The Hall–Kier alpha value is -1.93. The van der Waals surface area contributed by atoms with Crippen LogP contribution in [0.1, 0.15) is 11.1 Å². The number of hydrogen-bond donors (Lipinski definition) is 1. The smallest absolute Gasteiger partial charge is 0.305 e. The fourth-order valence-corrected chi connectivity index (χ4v) is 1.09. The van der Waals surface area contributed by atoms with Crippen LogP contribution in [0.4, 0.5) is 10.1 Å². The third-order valence-corrected chi connectivity index (χ3v) is 1.82. The molecule has 0 bridgehead atoms. The van der Waals surface area contributed by atoms with E-state index in [-0.39, 0.29) is 6.54 Å². The Morgan fingerprint density at radius 3 is 2.80 bits per heavy atom. The molecule has 0 unspecified atom stereocenters. The van der Waals surface area contributed by atoms with E-state index in [0.29, 0.717) is 11.1 Å². The molecule has 0 aliphatic carbocycles. The lowest BCUT2D eigenvalue weighted by molar-refractivity contribution is -0.387. The number of benzene rings is 1. The maximum Gasteiger partial charge on any atom is 0.305 e. The third kappa shape index (κ3) is 2.51. The van der Waals surface area contributed by atoms with Gasteiger partial charge in [0.15, 0.2) is 0 Å². The lowest BCUT2D eigenvalue weighted by Crippen LogP contribution is -1.96. The molecule has 5 heteroatoms. The van der Waals surface area contributed by atoms with E-state index in [1.54, 1.807) is 6.92 Å². The Kier molecular flexibility index (Phi) is 3.37. The van der Waals surface area contributed by atoms with Crippen LogP contribution in [0.3, 0.4) is 0 Å². The van der Waals surface area contributed by atoms with Gasteiger partial charge in [-0.3, -0.25) is 10.1 Å². The van der Waals surface area contributed by atoms with Gasteiger partial charge in [0.1, 0.15) is 0 Å². The monoisotopic (exact) mass is 208 g/mol. The standard InChI is InChI=1S/C10H9FN2O2/c1-7-5-10(13(14)15)9(11)6-8(7)3-2-4-12/h5-6H,4,12H2,1H3. The largest absolute Gasteiger partial charge is 0.320 e. The molecule has 0 radical (unpaired) electrons. The minimum absolute atomic E-state index is 0.165. The number of nitro benzene ring substituents is 1. The molecular formula is C10H9FN2O2. The van der Waals surface area contributed by atoms with E-state index in [9.17, 15) is 14.5 Å². The van der Waals surface area contributed by atoms with Gasteiger partial charge in [0.05, 0.1) is 11.5 Å². The molecule has 2 N–H and O–H groups in total. The van der Waals surface area contributed by atoms with E-state index in [2.05, 4.69) is 11.8 Å². The molecule has 1 aromatic rings. The Bertz CT molecular complexity index is 460. The number of rotatable bonds is 1. The topological polar surface area (TPSA) is 69.2 Å². The zero-order valence-electron chi connectivity index (χ0n) is 8.08. The van der Waals surface area contributed by atoms with Crippen molar-refractivity contribution in [1.82, 2.24) is 0 Å². The van der Waals surface area contributed by atoms with Crippen LogP contribution < -0.4 is 5.73 Å². The molecule has 0 aliphatic rings. The second-order valence-corrected chi connectivity index (χ2v) is 2.88. The summed E-state index contributed by atoms with van der Waals surface area (Å²) in [5, 5.41) is 10.4. The first kappa shape index (κ1) is 11.1. The van der Waals surface area contributed by atoms with Crippen LogP contribution in [0.15, 0.2) is 12.1 Å². The summed E-state index contributed by atoms with van der Waals surface area (Å²) >= 11 is 0. The second-order valence-electron chi connectivity index (χ2n) is 2.88. The summed E-state index contributed by atoms with van der Waals surface area (Å²) in [5.74, 6) is 4.32. The minimum atomic E-state index is -0.882. The van der Waals surface area contributed by atoms with Crippen molar-refractivity contribution in [3.63, 3.8) is 0 Å². The van der Waals surface area contributed by atoms with Crippen LogP contribution in [0.25, 0.3) is 0 Å². The van der Waals surface area contributed by atoms with E-state index in [0.717, 1.165) is 12.1 Å². The number of halogens is 1. The Balaban J connectivity index is 3.25. The van der Waals surface area contributed by atoms with E-state index < -0.39 is 16.4 Å². The molecule has 0 amide bonds. The van der Waals surface area contributed by atoms with Crippen molar-refractivity contribution in [2.75, 3.05) is 6.54 Å². The Morgan fingerprint density at radius 2 is 2.27 bits per heavy atom. The van der Waals surface area contributed by atoms with Crippen LogP contribution in [0.2, 0.25) is 0 Å². The molecule has 0 aromatic heterocycles. The van der Waals surface area contributed by atoms with Gasteiger partial charge in [0, 0.05) is 11.6 Å². The highest BCUT2D eigenvalue weighted by atomic mass is 19.1. The van der Waals surface area contributed by atoms with Gasteiger partial charge >= 0.3 is 5.69 Å². The van der Waals surface area contributed by atoms with Crippen LogP contribution >= 0.6 is 0 Å². The van der Waals surface area contributed by atoms with Gasteiger partial charge in [0.2, 0.25) is 5.82 Å². The average molecular weight is 208 g/mol. The highest BCUT2D eigenvalue weighted by molar-refractivity contribution is 5.48. The van der Waals surface area contributed by atoms with Gasteiger partial charge in [-0.15, -0.1) is 0 Å². The number of hydrogen-bond acceptors (Lipinski definition) is 3. The molecule has 1 rings (SSSR count). The molecule has 0 atom stereocenters. The zero-order valence-corrected chi connectivity index (χ0v) is 8.08. The van der Waals surface area contributed by atoms with Gasteiger partial charge in [-0.1, -0.05) is 11.8 Å². The molecule has 0 saturated heterocycles. The van der Waals surface area contributed by atoms with Crippen molar-refractivity contribution in [2.45, 2.75) is 6.92 Å². The van der Waals surface area contributed by atoms with E-state index in [4.69, 9.17) is 5.73 Å². The Morgan fingerprint density at radius 1 is 1.60 bits per heavy atom. The molecule has 4 nitrogen and oxygen atoms in total. The summed E-state index contributed by atoms with van der Waals surface area (Å²) in [6.45, 7) is 1.80. The normalized spacial score (nSPS) is 9.27. The first-order valence-corrected chi connectivity index (χ1v) is 4.19. The molecular weight excluding hydrogens is 199 g/mol. The average Bonchev–Trinajstić information content (AvgIpc) is 2.18. The van der Waals surface area contributed by atoms with Crippen molar-refractivity contribution in [1.29, 1.82) is 0 Å². The fraction of sp³-hybridized carbons (Fsp3) is 0.200. The molecule has 0 fully saturated rings. The van der Waals surface area contributed by atoms with Crippen LogP contribution in [0, 0.1) is 34.7 Å². The van der Waals surface area contributed by atoms with Crippen molar-refractivity contribution < 1.29 is 9.31 Å². The van der Waals surface area contributed by atoms with E-state index in [1.807, 2.05) is 0 Å². The number of aryl methyl sites for hydroxylation is 1. The highest BCUT2D eigenvalue weighted by Crippen LogP contribution is 2.21. The summed E-state index contributed by atoms with van der Waals surface area (Å²) < 4.78 is 13.2. The SMILES string of the molecule is Cc1cc([N+](=O)[O-])c(F)cc1C#CCN. The quantitative estimate of drug-likeness (QED) is 0.430. The maximum atomic E-state index is 13.2. The lowest BCUT2D eigenvalue weighted by Gasteiger charge is -1.99. The molecule has 78 valence electrons. The summed E-state index contributed by atoms with van der Waals surface area (Å²) in [6.07, 6.45) is 0. The van der Waals surface area contributed by atoms with Crippen LogP contribution in [-0.4, -0.2) is 11.5 Å². The summed E-state index contributed by atoms with van der Waals surface area (Å²) in [4.78, 5) is 9.65. The number of nitrogens with zero attached hydrogens (tertiary/aromatic N) is 1. The van der Waals surface area contributed by atoms with Crippen LogP contribution in [-0.2, 0) is 0 Å². The zero-order chi connectivity index (χ0) is 11.4. The fourth-order valence-electron chi connectivity index (χ4n) is 1.09. The van der Waals surface area contributed by atoms with Gasteiger partial charge in [-0.25, -0.2) is 0 Å². The first-order valence-electron chi connectivity index (χ1n) is 4.19. The summed E-state index contributed by atoms with van der Waals surface area (Å²) in [6, 6.07) is 2.21. The van der Waals surface area contributed by atoms with Crippen molar-refractivity contribution in [2.24, 2.45) is 5.73 Å². The van der Waals surface area contributed by atoms with Crippen LogP contribution in [0.5, 0.6) is 0 Å². The molecule has 0 saturated carbocycles. The molecule has 15 heavy (non-hydrogen) atoms. The molecule has 1 aromatic carbocycles. The lowest BCUT2D eigenvalue weighted by atomic mass is 10.1. The number of nitro groups is 1. The first-order chi connectivity index (χ1) is 7.06. The molecule has 0 heterocycles.